The highest BCUT2D eigenvalue weighted by Crippen LogP contribution is 2.44. The molecule has 0 bridgehead atoms. The SMILES string of the molecule is N#CC1=C(N)OC2=C(C(=O)CCC2)C1c1cc(Br)ccc1F. The van der Waals surface area contributed by atoms with Gasteiger partial charge in [0.15, 0.2) is 5.78 Å². The molecule has 0 amide bonds. The summed E-state index contributed by atoms with van der Waals surface area (Å²) in [6.45, 7) is 0. The minimum Gasteiger partial charge on any atom is -0.444 e. The molecule has 1 aliphatic carbocycles. The summed E-state index contributed by atoms with van der Waals surface area (Å²) in [4.78, 5) is 12.3. The van der Waals surface area contributed by atoms with Gasteiger partial charge in [0, 0.05) is 28.5 Å². The van der Waals surface area contributed by atoms with E-state index in [0.29, 0.717) is 35.1 Å². The van der Waals surface area contributed by atoms with Crippen LogP contribution in [0, 0.1) is 17.1 Å². The molecule has 0 saturated heterocycles. The van der Waals surface area contributed by atoms with Crippen LogP contribution >= 0.6 is 15.9 Å². The van der Waals surface area contributed by atoms with Crippen LogP contribution in [0.15, 0.2) is 45.5 Å². The molecule has 2 aliphatic rings. The average Bonchev–Trinajstić information content (AvgIpc) is 2.48. The number of halogens is 2. The van der Waals surface area contributed by atoms with Crippen molar-refractivity contribution in [1.29, 1.82) is 5.26 Å². The lowest BCUT2D eigenvalue weighted by Crippen LogP contribution is -2.27. The third kappa shape index (κ3) is 2.32. The number of Topliss-reactive ketones (excluding diaryl/α,β-unsaturated/α-hetero) is 1. The van der Waals surface area contributed by atoms with E-state index in [4.69, 9.17) is 10.5 Å². The van der Waals surface area contributed by atoms with E-state index in [9.17, 15) is 14.4 Å². The van der Waals surface area contributed by atoms with Gasteiger partial charge in [-0.2, -0.15) is 5.26 Å². The molecule has 0 spiro atoms. The van der Waals surface area contributed by atoms with Gasteiger partial charge in [-0.15, -0.1) is 0 Å². The first kappa shape index (κ1) is 14.8. The number of hydrogen-bond donors (Lipinski definition) is 1. The minimum absolute atomic E-state index is 0.0553. The van der Waals surface area contributed by atoms with Gasteiger partial charge >= 0.3 is 0 Å². The van der Waals surface area contributed by atoms with Gasteiger partial charge in [-0.1, -0.05) is 15.9 Å². The summed E-state index contributed by atoms with van der Waals surface area (Å²) >= 11 is 3.29. The number of nitrogens with zero attached hydrogens (tertiary/aromatic N) is 1. The molecular weight excluding hydrogens is 351 g/mol. The van der Waals surface area contributed by atoms with Crippen molar-refractivity contribution in [2.75, 3.05) is 0 Å². The van der Waals surface area contributed by atoms with Crippen LogP contribution in [-0.2, 0) is 9.53 Å². The molecule has 1 aromatic carbocycles. The maximum absolute atomic E-state index is 14.3. The summed E-state index contributed by atoms with van der Waals surface area (Å²) in [7, 11) is 0. The van der Waals surface area contributed by atoms with Crippen molar-refractivity contribution in [3.05, 3.63) is 56.8 Å². The zero-order valence-electron chi connectivity index (χ0n) is 11.5. The molecule has 1 atom stereocenters. The van der Waals surface area contributed by atoms with E-state index in [2.05, 4.69) is 15.9 Å². The van der Waals surface area contributed by atoms with Gasteiger partial charge in [0.05, 0.1) is 5.92 Å². The Balaban J connectivity index is 2.25. The smallest absolute Gasteiger partial charge is 0.205 e. The Kier molecular flexibility index (Phi) is 3.75. The van der Waals surface area contributed by atoms with E-state index in [1.165, 1.54) is 6.07 Å². The Bertz CT molecular complexity index is 777. The molecule has 4 nitrogen and oxygen atoms in total. The molecule has 22 heavy (non-hydrogen) atoms. The molecule has 0 radical (unpaired) electrons. The van der Waals surface area contributed by atoms with Crippen LogP contribution < -0.4 is 5.73 Å². The number of carbonyl (C=O) groups excluding carboxylic acids is 1. The van der Waals surface area contributed by atoms with Gasteiger partial charge in [-0.05, 0) is 24.6 Å². The number of ether oxygens (including phenoxy) is 1. The van der Waals surface area contributed by atoms with Gasteiger partial charge in [-0.25, -0.2) is 4.39 Å². The largest absolute Gasteiger partial charge is 0.444 e. The molecule has 0 fully saturated rings. The number of rotatable bonds is 1. The summed E-state index contributed by atoms with van der Waals surface area (Å²) in [5.41, 5.74) is 6.49. The zero-order chi connectivity index (χ0) is 15.9. The van der Waals surface area contributed by atoms with Crippen LogP contribution in [0.2, 0.25) is 0 Å². The number of hydrogen-bond acceptors (Lipinski definition) is 4. The number of carbonyl (C=O) groups is 1. The predicted octanol–water partition coefficient (Wildman–Crippen LogP) is 3.40. The van der Waals surface area contributed by atoms with Crippen molar-refractivity contribution < 1.29 is 13.9 Å². The van der Waals surface area contributed by atoms with E-state index in [1.807, 2.05) is 6.07 Å². The molecule has 112 valence electrons. The van der Waals surface area contributed by atoms with E-state index in [0.717, 1.165) is 0 Å². The summed E-state index contributed by atoms with van der Waals surface area (Å²) in [6, 6.07) is 6.40. The van der Waals surface area contributed by atoms with Crippen LogP contribution in [0.1, 0.15) is 30.7 Å². The van der Waals surface area contributed by atoms with Gasteiger partial charge in [0.25, 0.3) is 0 Å². The van der Waals surface area contributed by atoms with E-state index in [1.54, 1.807) is 12.1 Å². The Morgan fingerprint density at radius 2 is 2.18 bits per heavy atom. The number of benzene rings is 1. The quantitative estimate of drug-likeness (QED) is 0.830. The summed E-state index contributed by atoms with van der Waals surface area (Å²) in [6.07, 6.45) is 1.60. The highest BCUT2D eigenvalue weighted by atomic mass is 79.9. The van der Waals surface area contributed by atoms with Gasteiger partial charge in [0.2, 0.25) is 5.88 Å². The fourth-order valence-corrected chi connectivity index (χ4v) is 3.28. The molecular formula is C16H12BrFN2O2. The molecule has 0 saturated carbocycles. The molecule has 3 rings (SSSR count). The number of nitrogens with two attached hydrogens (primary N) is 1. The molecule has 0 aromatic heterocycles. The fraction of sp³-hybridized carbons (Fsp3) is 0.250. The molecule has 1 aromatic rings. The predicted molar refractivity (Wildman–Crippen MR) is 80.6 cm³/mol. The number of allylic oxidation sites excluding steroid dienone is 3. The Labute approximate surface area is 135 Å². The van der Waals surface area contributed by atoms with Gasteiger partial charge in [0.1, 0.15) is 23.2 Å². The van der Waals surface area contributed by atoms with E-state index < -0.39 is 11.7 Å². The van der Waals surface area contributed by atoms with E-state index >= 15 is 0 Å². The van der Waals surface area contributed by atoms with E-state index in [-0.39, 0.29) is 22.8 Å². The zero-order valence-corrected chi connectivity index (χ0v) is 13.1. The van der Waals surface area contributed by atoms with Crippen LogP contribution in [0.3, 0.4) is 0 Å². The van der Waals surface area contributed by atoms with Gasteiger partial charge in [-0.3, -0.25) is 4.79 Å². The summed E-state index contributed by atoms with van der Waals surface area (Å²) in [5, 5.41) is 9.39. The van der Waals surface area contributed by atoms with Crippen molar-refractivity contribution in [3.63, 3.8) is 0 Å². The van der Waals surface area contributed by atoms with Crippen LogP contribution in [0.4, 0.5) is 4.39 Å². The number of ketones is 1. The first-order chi connectivity index (χ1) is 10.5. The highest BCUT2D eigenvalue weighted by Gasteiger charge is 2.39. The van der Waals surface area contributed by atoms with Crippen molar-refractivity contribution >= 4 is 21.7 Å². The molecule has 1 aliphatic heterocycles. The minimum atomic E-state index is -0.806. The number of nitriles is 1. The Morgan fingerprint density at radius 1 is 1.41 bits per heavy atom. The molecule has 1 heterocycles. The lowest BCUT2D eigenvalue weighted by atomic mass is 9.77. The summed E-state index contributed by atoms with van der Waals surface area (Å²) < 4.78 is 20.4. The monoisotopic (exact) mass is 362 g/mol. The standard InChI is InChI=1S/C16H12BrFN2O2/c17-8-4-5-11(18)9(6-8)14-10(7-19)16(20)22-13-3-1-2-12(21)15(13)14/h4-6,14H,1-3,20H2. The first-order valence-electron chi connectivity index (χ1n) is 6.81. The lowest BCUT2D eigenvalue weighted by Gasteiger charge is -2.31. The highest BCUT2D eigenvalue weighted by molar-refractivity contribution is 9.10. The van der Waals surface area contributed by atoms with Crippen molar-refractivity contribution in [2.45, 2.75) is 25.2 Å². The van der Waals surface area contributed by atoms with Crippen molar-refractivity contribution in [1.82, 2.24) is 0 Å². The second-order valence-corrected chi connectivity index (χ2v) is 6.12. The second kappa shape index (κ2) is 5.58. The Morgan fingerprint density at radius 3 is 2.91 bits per heavy atom. The molecule has 2 N–H and O–H groups in total. The Hall–Kier alpha value is -2.13. The maximum Gasteiger partial charge on any atom is 0.205 e. The van der Waals surface area contributed by atoms with Crippen molar-refractivity contribution in [3.8, 4) is 6.07 Å². The molecule has 1 unspecified atom stereocenters. The van der Waals surface area contributed by atoms with Crippen LogP contribution in [0.5, 0.6) is 0 Å². The van der Waals surface area contributed by atoms with Gasteiger partial charge < -0.3 is 10.5 Å². The topological polar surface area (TPSA) is 76.1 Å². The molecule has 6 heteroatoms. The van der Waals surface area contributed by atoms with Crippen LogP contribution in [0.25, 0.3) is 0 Å². The second-order valence-electron chi connectivity index (χ2n) is 5.20. The van der Waals surface area contributed by atoms with Crippen LogP contribution in [-0.4, -0.2) is 5.78 Å². The van der Waals surface area contributed by atoms with Crippen molar-refractivity contribution in [2.24, 2.45) is 5.73 Å². The fourth-order valence-electron chi connectivity index (χ4n) is 2.90. The lowest BCUT2D eigenvalue weighted by molar-refractivity contribution is -0.116. The average molecular weight is 363 g/mol. The summed E-state index contributed by atoms with van der Waals surface area (Å²) in [5.74, 6) is -1.01. The first-order valence-corrected chi connectivity index (χ1v) is 7.61. The maximum atomic E-state index is 14.3. The third-order valence-corrected chi connectivity index (χ3v) is 4.37. The normalized spacial score (nSPS) is 21.3. The third-order valence-electron chi connectivity index (χ3n) is 3.87.